The fourth-order valence-corrected chi connectivity index (χ4v) is 3.63. The first-order chi connectivity index (χ1) is 13.2. The molecule has 1 fully saturated rings. The molecule has 1 aliphatic rings. The van der Waals surface area contributed by atoms with E-state index in [-0.39, 0.29) is 31.1 Å². The Kier molecular flexibility index (Phi) is 8.68. The van der Waals surface area contributed by atoms with Crippen LogP contribution >= 0.6 is 0 Å². The minimum Gasteiger partial charge on any atom is -0.743 e. The Labute approximate surface area is 168 Å². The number of rotatable bonds is 12. The van der Waals surface area contributed by atoms with Crippen molar-refractivity contribution < 1.29 is 44.8 Å². The highest BCUT2D eigenvalue weighted by Gasteiger charge is 2.60. The first-order valence-electron chi connectivity index (χ1n) is 9.36. The summed E-state index contributed by atoms with van der Waals surface area (Å²) in [5.74, 6) is -5.44. The summed E-state index contributed by atoms with van der Waals surface area (Å²) in [4.78, 5) is 12.2. The zero-order valence-corrected chi connectivity index (χ0v) is 17.3. The molecule has 0 N–H and O–H groups in total. The van der Waals surface area contributed by atoms with E-state index in [1.165, 1.54) is 0 Å². The fourth-order valence-electron chi connectivity index (χ4n) is 3.16. The van der Waals surface area contributed by atoms with Gasteiger partial charge in [-0.2, -0.15) is 17.6 Å². The van der Waals surface area contributed by atoms with Gasteiger partial charge in [0.05, 0.1) is 12.2 Å². The molecular formula is C18H27F4O6S-. The summed E-state index contributed by atoms with van der Waals surface area (Å²) in [5, 5.41) is -5.68. The Morgan fingerprint density at radius 3 is 2.21 bits per heavy atom. The maximum atomic E-state index is 13.3. The number of alkyl halides is 4. The quantitative estimate of drug-likeness (QED) is 0.148. The van der Waals surface area contributed by atoms with Gasteiger partial charge in [-0.05, 0) is 44.4 Å². The van der Waals surface area contributed by atoms with Crippen molar-refractivity contribution in [1.29, 1.82) is 0 Å². The van der Waals surface area contributed by atoms with Crippen LogP contribution in [0, 0.1) is 5.92 Å². The van der Waals surface area contributed by atoms with Gasteiger partial charge in [-0.15, -0.1) is 0 Å². The second-order valence-electron chi connectivity index (χ2n) is 7.60. The number of esters is 1. The van der Waals surface area contributed by atoms with Crippen molar-refractivity contribution in [2.75, 3.05) is 13.2 Å². The summed E-state index contributed by atoms with van der Waals surface area (Å²) in [5.41, 5.74) is -0.482. The maximum Gasteiger partial charge on any atom is 0.396 e. The number of hydrogen-bond donors (Lipinski definition) is 0. The van der Waals surface area contributed by atoms with Crippen LogP contribution < -0.4 is 0 Å². The lowest BCUT2D eigenvalue weighted by molar-refractivity contribution is -0.165. The zero-order chi connectivity index (χ0) is 22.5. The molecule has 0 saturated heterocycles. The molecule has 0 unspecified atom stereocenters. The van der Waals surface area contributed by atoms with Gasteiger partial charge in [0.25, 0.3) is 0 Å². The van der Waals surface area contributed by atoms with E-state index >= 15 is 0 Å². The number of hydrogen-bond acceptors (Lipinski definition) is 6. The molecule has 0 radical (unpaired) electrons. The molecular weight excluding hydrogens is 420 g/mol. The molecule has 1 rings (SSSR count). The molecule has 11 heteroatoms. The normalized spacial score (nSPS) is 17.5. The molecule has 0 amide bonds. The van der Waals surface area contributed by atoms with Gasteiger partial charge < -0.3 is 14.0 Å². The second-order valence-corrected chi connectivity index (χ2v) is 9.03. The lowest BCUT2D eigenvalue weighted by Crippen LogP contribution is -2.46. The molecule has 0 aromatic carbocycles. The molecule has 170 valence electrons. The lowest BCUT2D eigenvalue weighted by atomic mass is 9.88. The predicted molar refractivity (Wildman–Crippen MR) is 95.5 cm³/mol. The van der Waals surface area contributed by atoms with Crippen molar-refractivity contribution in [3.8, 4) is 0 Å². The van der Waals surface area contributed by atoms with Gasteiger partial charge in [0.15, 0.2) is 10.1 Å². The van der Waals surface area contributed by atoms with E-state index in [1.54, 1.807) is 0 Å². The van der Waals surface area contributed by atoms with Gasteiger partial charge in [-0.1, -0.05) is 20.4 Å². The van der Waals surface area contributed by atoms with Crippen molar-refractivity contribution in [2.24, 2.45) is 5.92 Å². The van der Waals surface area contributed by atoms with Gasteiger partial charge in [-0.25, -0.2) is 13.2 Å². The Hall–Kier alpha value is -1.20. The van der Waals surface area contributed by atoms with E-state index in [9.17, 15) is 35.3 Å². The van der Waals surface area contributed by atoms with Gasteiger partial charge in [-0.3, -0.25) is 0 Å². The van der Waals surface area contributed by atoms with Crippen LogP contribution in [0.5, 0.6) is 0 Å². The van der Waals surface area contributed by atoms with E-state index < -0.39 is 45.7 Å². The number of ether oxygens (including phenoxy) is 2. The third-order valence-electron chi connectivity index (χ3n) is 5.13. The first-order valence-corrected chi connectivity index (χ1v) is 10.8. The third-order valence-corrected chi connectivity index (χ3v) is 6.06. The third kappa shape index (κ3) is 6.39. The minimum absolute atomic E-state index is 0.0474. The average molecular weight is 447 g/mol. The summed E-state index contributed by atoms with van der Waals surface area (Å²) in [6, 6.07) is 0. The van der Waals surface area contributed by atoms with E-state index in [0.717, 1.165) is 25.7 Å². The van der Waals surface area contributed by atoms with E-state index in [1.807, 2.05) is 13.8 Å². The van der Waals surface area contributed by atoms with Gasteiger partial charge in [0.1, 0.15) is 5.60 Å². The highest BCUT2D eigenvalue weighted by molar-refractivity contribution is 7.86. The number of carbonyl (C=O) groups excluding carboxylic acids is 1. The first kappa shape index (κ1) is 25.8. The van der Waals surface area contributed by atoms with E-state index in [4.69, 9.17) is 9.47 Å². The van der Waals surface area contributed by atoms with Crippen LogP contribution in [0.4, 0.5) is 17.6 Å². The number of halogens is 4. The fraction of sp³-hybridized carbons (Fsp3) is 0.833. The Morgan fingerprint density at radius 2 is 1.72 bits per heavy atom. The smallest absolute Gasteiger partial charge is 0.396 e. The van der Waals surface area contributed by atoms with Gasteiger partial charge >= 0.3 is 17.1 Å². The summed E-state index contributed by atoms with van der Waals surface area (Å²) in [6.07, 6.45) is 1.35. The molecule has 0 spiro atoms. The van der Waals surface area contributed by atoms with Gasteiger partial charge in [0.2, 0.25) is 0 Å². The summed E-state index contributed by atoms with van der Waals surface area (Å²) in [7, 11) is -6.48. The SMILES string of the molecule is C=C(COCCCCC(F)(F)C(F)(F)S(=O)(=O)[O-])C(=O)OC1(C(C)C)CCCC1. The lowest BCUT2D eigenvalue weighted by Gasteiger charge is -2.33. The highest BCUT2D eigenvalue weighted by atomic mass is 32.2. The van der Waals surface area contributed by atoms with Crippen molar-refractivity contribution in [1.82, 2.24) is 0 Å². The van der Waals surface area contributed by atoms with Gasteiger partial charge in [0, 0.05) is 13.0 Å². The zero-order valence-electron chi connectivity index (χ0n) is 16.5. The predicted octanol–water partition coefficient (Wildman–Crippen LogP) is 4.01. The van der Waals surface area contributed by atoms with Crippen molar-refractivity contribution in [2.45, 2.75) is 75.6 Å². The molecule has 6 nitrogen and oxygen atoms in total. The Balaban J connectivity index is 2.36. The number of carbonyl (C=O) groups is 1. The highest BCUT2D eigenvalue weighted by Crippen LogP contribution is 2.41. The summed E-state index contributed by atoms with van der Waals surface area (Å²) < 4.78 is 94.2. The van der Waals surface area contributed by atoms with Crippen molar-refractivity contribution in [3.05, 3.63) is 12.2 Å². The molecule has 0 aromatic heterocycles. The Bertz CT molecular complexity index is 684. The van der Waals surface area contributed by atoms with Crippen LogP contribution in [0.3, 0.4) is 0 Å². The van der Waals surface area contributed by atoms with Crippen molar-refractivity contribution >= 4 is 16.1 Å². The number of unbranched alkanes of at least 4 members (excludes halogenated alkanes) is 1. The molecule has 1 aliphatic carbocycles. The molecule has 1 saturated carbocycles. The second kappa shape index (κ2) is 9.74. The monoisotopic (exact) mass is 447 g/mol. The average Bonchev–Trinajstić information content (AvgIpc) is 3.06. The summed E-state index contributed by atoms with van der Waals surface area (Å²) >= 11 is 0. The van der Waals surface area contributed by atoms with E-state index in [0.29, 0.717) is 0 Å². The minimum atomic E-state index is -6.48. The molecule has 0 atom stereocenters. The van der Waals surface area contributed by atoms with Crippen LogP contribution in [0.1, 0.15) is 58.8 Å². The van der Waals surface area contributed by atoms with Crippen molar-refractivity contribution in [3.63, 3.8) is 0 Å². The largest absolute Gasteiger partial charge is 0.743 e. The van der Waals surface area contributed by atoms with Crippen LogP contribution in [0.15, 0.2) is 12.2 Å². The molecule has 0 aliphatic heterocycles. The molecule has 0 heterocycles. The van der Waals surface area contributed by atoms with Crippen LogP contribution in [0.25, 0.3) is 0 Å². The van der Waals surface area contributed by atoms with Crippen LogP contribution in [0.2, 0.25) is 0 Å². The van der Waals surface area contributed by atoms with Crippen LogP contribution in [-0.2, 0) is 24.4 Å². The molecule has 29 heavy (non-hydrogen) atoms. The Morgan fingerprint density at radius 1 is 1.17 bits per heavy atom. The summed E-state index contributed by atoms with van der Waals surface area (Å²) in [6.45, 7) is 7.16. The standard InChI is InChI=1S/C18H28F4O6S/c1-13(2)16(8-4-5-9-16)28-15(23)14(3)12-27-11-7-6-10-17(19,20)18(21,22)29(24,25)26/h13H,3-12H2,1-2H3,(H,24,25,26)/p-1. The van der Waals surface area contributed by atoms with E-state index in [2.05, 4.69) is 6.58 Å². The molecule has 0 aromatic rings. The maximum absolute atomic E-state index is 13.3. The molecule has 0 bridgehead atoms. The topological polar surface area (TPSA) is 92.7 Å². The van der Waals surface area contributed by atoms with Crippen LogP contribution in [-0.4, -0.2) is 48.9 Å².